The Labute approximate surface area is 159 Å². The molecule has 1 aromatic carbocycles. The van der Waals surface area contributed by atoms with Crippen LogP contribution >= 0.6 is 35.6 Å². The second-order valence-electron chi connectivity index (χ2n) is 6.42. The van der Waals surface area contributed by atoms with Gasteiger partial charge in [0, 0.05) is 19.2 Å². The Morgan fingerprint density at radius 1 is 1.21 bits per heavy atom. The van der Waals surface area contributed by atoms with Crippen LogP contribution in [-0.2, 0) is 4.79 Å². The molecule has 3 atom stereocenters. The summed E-state index contributed by atoms with van der Waals surface area (Å²) in [6, 6.07) is 5.05. The first-order valence-electron chi connectivity index (χ1n) is 8.16. The lowest BCUT2D eigenvalue weighted by molar-refractivity contribution is -0.137. The molecule has 1 N–H and O–H groups in total. The SMILES string of the molecule is CC(Oc1ccc(Cl)c(Cl)c1)C(=O)N1CC[C@@H]2CNC[C@@H]2CC1.Cl. The Bertz CT molecular complexity index is 571. The molecule has 2 fully saturated rings. The number of carbonyl (C=O) groups excluding carboxylic acids is 1. The number of ether oxygens (including phenoxy) is 1. The molecule has 0 bridgehead atoms. The summed E-state index contributed by atoms with van der Waals surface area (Å²) in [7, 11) is 0. The van der Waals surface area contributed by atoms with Crippen molar-refractivity contribution < 1.29 is 9.53 Å². The average Bonchev–Trinajstić information content (AvgIpc) is 2.89. The first kappa shape index (κ1) is 19.6. The van der Waals surface area contributed by atoms with Crippen molar-refractivity contribution in [3.63, 3.8) is 0 Å². The molecule has 0 saturated carbocycles. The summed E-state index contributed by atoms with van der Waals surface area (Å²) in [6.07, 6.45) is 1.62. The third kappa shape index (κ3) is 4.48. The summed E-state index contributed by atoms with van der Waals surface area (Å²) in [5.41, 5.74) is 0. The lowest BCUT2D eigenvalue weighted by atomic mass is 9.92. The zero-order valence-corrected chi connectivity index (χ0v) is 16.0. The Morgan fingerprint density at radius 2 is 1.83 bits per heavy atom. The molecular weight excluding hydrogens is 371 g/mol. The Balaban J connectivity index is 0.00000208. The Kier molecular flexibility index (Phi) is 7.05. The van der Waals surface area contributed by atoms with Crippen molar-refractivity contribution in [2.45, 2.75) is 25.9 Å². The van der Waals surface area contributed by atoms with Crippen molar-refractivity contribution in [2.24, 2.45) is 11.8 Å². The van der Waals surface area contributed by atoms with Gasteiger partial charge in [-0.2, -0.15) is 0 Å². The number of carbonyl (C=O) groups is 1. The second kappa shape index (κ2) is 8.61. The summed E-state index contributed by atoms with van der Waals surface area (Å²) >= 11 is 11.9. The number of benzene rings is 1. The van der Waals surface area contributed by atoms with Crippen LogP contribution in [0.4, 0.5) is 0 Å². The number of halogens is 3. The van der Waals surface area contributed by atoms with Gasteiger partial charge in [0.25, 0.3) is 5.91 Å². The van der Waals surface area contributed by atoms with Gasteiger partial charge >= 0.3 is 0 Å². The Morgan fingerprint density at radius 3 is 2.42 bits per heavy atom. The molecule has 1 unspecified atom stereocenters. The first-order valence-corrected chi connectivity index (χ1v) is 8.91. The molecule has 0 spiro atoms. The fourth-order valence-electron chi connectivity index (χ4n) is 3.50. The number of nitrogens with zero attached hydrogens (tertiary/aromatic N) is 1. The van der Waals surface area contributed by atoms with Crippen molar-refractivity contribution >= 4 is 41.5 Å². The van der Waals surface area contributed by atoms with Crippen molar-refractivity contribution in [3.8, 4) is 5.75 Å². The number of fused-ring (bicyclic) bond motifs is 1. The molecule has 1 aromatic rings. The van der Waals surface area contributed by atoms with Gasteiger partial charge in [-0.15, -0.1) is 12.4 Å². The van der Waals surface area contributed by atoms with Crippen molar-refractivity contribution in [3.05, 3.63) is 28.2 Å². The van der Waals surface area contributed by atoms with E-state index in [9.17, 15) is 4.79 Å². The highest BCUT2D eigenvalue weighted by atomic mass is 35.5. The number of likely N-dealkylation sites (tertiary alicyclic amines) is 1. The molecule has 24 heavy (non-hydrogen) atoms. The fourth-order valence-corrected chi connectivity index (χ4v) is 3.79. The van der Waals surface area contributed by atoms with Gasteiger partial charge in [0.05, 0.1) is 10.0 Å². The molecule has 0 aliphatic carbocycles. The monoisotopic (exact) mass is 392 g/mol. The molecular formula is C17H23Cl3N2O2. The first-order chi connectivity index (χ1) is 11.0. The molecule has 2 heterocycles. The number of nitrogens with one attached hydrogen (secondary N) is 1. The topological polar surface area (TPSA) is 41.6 Å². The zero-order chi connectivity index (χ0) is 16.4. The standard InChI is InChI=1S/C17H22Cl2N2O2.ClH/c1-11(23-14-2-3-15(18)16(19)8-14)17(22)21-6-4-12-9-20-10-13(12)5-7-21;/h2-3,8,11-13,20H,4-7,9-10H2,1H3;1H/t11?,12-,13+;. The maximum atomic E-state index is 12.7. The van der Waals surface area contributed by atoms with Crippen LogP contribution < -0.4 is 10.1 Å². The second-order valence-corrected chi connectivity index (χ2v) is 7.23. The highest BCUT2D eigenvalue weighted by Gasteiger charge is 2.32. The molecule has 2 aliphatic heterocycles. The summed E-state index contributed by atoms with van der Waals surface area (Å²) in [4.78, 5) is 14.6. The van der Waals surface area contributed by atoms with Crippen LogP contribution in [0.25, 0.3) is 0 Å². The van der Waals surface area contributed by atoms with Crippen LogP contribution in [0, 0.1) is 11.8 Å². The van der Waals surface area contributed by atoms with Gasteiger partial charge in [-0.25, -0.2) is 0 Å². The van der Waals surface area contributed by atoms with Crippen LogP contribution in [0.15, 0.2) is 18.2 Å². The van der Waals surface area contributed by atoms with Crippen LogP contribution in [-0.4, -0.2) is 43.1 Å². The largest absolute Gasteiger partial charge is 0.481 e. The van der Waals surface area contributed by atoms with Crippen LogP contribution in [0.2, 0.25) is 10.0 Å². The van der Waals surface area contributed by atoms with E-state index in [-0.39, 0.29) is 18.3 Å². The van der Waals surface area contributed by atoms with Gasteiger partial charge in [0.1, 0.15) is 5.75 Å². The summed E-state index contributed by atoms with van der Waals surface area (Å²) in [6.45, 7) is 5.59. The molecule has 0 radical (unpaired) electrons. The minimum atomic E-state index is -0.525. The van der Waals surface area contributed by atoms with E-state index in [4.69, 9.17) is 27.9 Å². The van der Waals surface area contributed by atoms with Gasteiger partial charge in [-0.05, 0) is 56.8 Å². The van der Waals surface area contributed by atoms with E-state index in [0.717, 1.165) is 39.0 Å². The zero-order valence-electron chi connectivity index (χ0n) is 13.6. The van der Waals surface area contributed by atoms with E-state index in [1.165, 1.54) is 0 Å². The van der Waals surface area contributed by atoms with Crippen molar-refractivity contribution in [1.82, 2.24) is 10.2 Å². The third-order valence-corrected chi connectivity index (χ3v) is 5.62. The molecule has 2 saturated heterocycles. The number of hydrogen-bond donors (Lipinski definition) is 1. The van der Waals surface area contributed by atoms with E-state index in [0.29, 0.717) is 27.6 Å². The van der Waals surface area contributed by atoms with Crippen LogP contribution in [0.3, 0.4) is 0 Å². The van der Waals surface area contributed by atoms with E-state index in [1.54, 1.807) is 25.1 Å². The lowest BCUT2D eigenvalue weighted by Gasteiger charge is -2.25. The summed E-state index contributed by atoms with van der Waals surface area (Å²) in [5, 5.41) is 4.36. The summed E-state index contributed by atoms with van der Waals surface area (Å²) in [5.74, 6) is 2.03. The number of rotatable bonds is 3. The average molecular weight is 394 g/mol. The van der Waals surface area contributed by atoms with Gasteiger partial charge in [0.2, 0.25) is 0 Å². The molecule has 2 aliphatic rings. The van der Waals surface area contributed by atoms with Crippen LogP contribution in [0.1, 0.15) is 19.8 Å². The molecule has 1 amide bonds. The summed E-state index contributed by atoms with van der Waals surface area (Å²) < 4.78 is 5.75. The molecule has 7 heteroatoms. The molecule has 134 valence electrons. The predicted molar refractivity (Wildman–Crippen MR) is 99.5 cm³/mol. The number of amides is 1. The molecule has 0 aromatic heterocycles. The smallest absolute Gasteiger partial charge is 0.263 e. The molecule has 4 nitrogen and oxygen atoms in total. The van der Waals surface area contributed by atoms with E-state index in [1.807, 2.05) is 4.90 Å². The van der Waals surface area contributed by atoms with Gasteiger partial charge < -0.3 is 15.0 Å². The minimum absolute atomic E-state index is 0. The highest BCUT2D eigenvalue weighted by molar-refractivity contribution is 6.42. The predicted octanol–water partition coefficient (Wildman–Crippen LogP) is 3.64. The van der Waals surface area contributed by atoms with E-state index < -0.39 is 6.10 Å². The normalized spacial score (nSPS) is 24.5. The minimum Gasteiger partial charge on any atom is -0.481 e. The van der Waals surface area contributed by atoms with Crippen molar-refractivity contribution in [1.29, 1.82) is 0 Å². The lowest BCUT2D eigenvalue weighted by Crippen LogP contribution is -2.41. The van der Waals surface area contributed by atoms with E-state index in [2.05, 4.69) is 5.32 Å². The number of hydrogen-bond acceptors (Lipinski definition) is 3. The fraction of sp³-hybridized carbons (Fsp3) is 0.588. The van der Waals surface area contributed by atoms with Gasteiger partial charge in [0.15, 0.2) is 6.10 Å². The molecule has 3 rings (SSSR count). The van der Waals surface area contributed by atoms with Crippen molar-refractivity contribution in [2.75, 3.05) is 26.2 Å². The Hall–Kier alpha value is -0.680. The van der Waals surface area contributed by atoms with Gasteiger partial charge in [-0.3, -0.25) is 4.79 Å². The third-order valence-electron chi connectivity index (χ3n) is 4.88. The highest BCUT2D eigenvalue weighted by Crippen LogP contribution is 2.29. The van der Waals surface area contributed by atoms with Crippen LogP contribution in [0.5, 0.6) is 5.75 Å². The maximum absolute atomic E-state index is 12.7. The maximum Gasteiger partial charge on any atom is 0.263 e. The van der Waals surface area contributed by atoms with E-state index >= 15 is 0 Å². The quantitative estimate of drug-likeness (QED) is 0.852. The van der Waals surface area contributed by atoms with Gasteiger partial charge in [-0.1, -0.05) is 23.2 Å².